The predicted octanol–water partition coefficient (Wildman–Crippen LogP) is 1.21. The molecule has 14 heavy (non-hydrogen) atoms. The molecule has 1 aliphatic rings. The number of hydrogen-bond donors (Lipinski definition) is 1. The van der Waals surface area contributed by atoms with Crippen LogP contribution < -0.4 is 4.90 Å². The van der Waals surface area contributed by atoms with Gasteiger partial charge in [0.1, 0.15) is 0 Å². The van der Waals surface area contributed by atoms with Crippen LogP contribution in [0.25, 0.3) is 0 Å². The van der Waals surface area contributed by atoms with E-state index < -0.39 is 0 Å². The number of aromatic nitrogens is 1. The summed E-state index contributed by atoms with van der Waals surface area (Å²) in [5, 5.41) is 9.06. The molecule has 0 aromatic carbocycles. The van der Waals surface area contributed by atoms with Gasteiger partial charge in [0.15, 0.2) is 0 Å². The van der Waals surface area contributed by atoms with Crippen molar-refractivity contribution in [2.24, 2.45) is 5.92 Å². The fourth-order valence-electron chi connectivity index (χ4n) is 1.99. The molecule has 3 nitrogen and oxygen atoms in total. The molecule has 1 N–H and O–H groups in total. The van der Waals surface area contributed by atoms with E-state index in [4.69, 9.17) is 5.11 Å². The van der Waals surface area contributed by atoms with E-state index in [9.17, 15) is 0 Å². The molecule has 0 bridgehead atoms. The first-order chi connectivity index (χ1) is 6.81. The molecule has 0 amide bonds. The van der Waals surface area contributed by atoms with E-state index in [1.54, 1.807) is 0 Å². The number of nitrogens with zero attached hydrogens (tertiary/aromatic N) is 2. The van der Waals surface area contributed by atoms with Gasteiger partial charge in [-0.25, -0.2) is 0 Å². The Labute approximate surface area is 84.4 Å². The second kappa shape index (κ2) is 3.96. The van der Waals surface area contributed by atoms with Crippen molar-refractivity contribution in [2.45, 2.75) is 13.3 Å². The summed E-state index contributed by atoms with van der Waals surface area (Å²) in [5.74, 6) is 0.439. The molecule has 1 saturated heterocycles. The molecule has 2 rings (SSSR count). The predicted molar refractivity (Wildman–Crippen MR) is 56.4 cm³/mol. The highest BCUT2D eigenvalue weighted by molar-refractivity contribution is 5.51. The van der Waals surface area contributed by atoms with Gasteiger partial charge in [0, 0.05) is 31.8 Å². The van der Waals surface area contributed by atoms with Gasteiger partial charge in [-0.3, -0.25) is 4.98 Å². The lowest BCUT2D eigenvalue weighted by Gasteiger charge is -2.19. The molecular weight excluding hydrogens is 176 g/mol. The highest BCUT2D eigenvalue weighted by Crippen LogP contribution is 2.25. The summed E-state index contributed by atoms with van der Waals surface area (Å²) in [4.78, 5) is 6.45. The molecule has 1 aromatic heterocycles. The second-order valence-corrected chi connectivity index (χ2v) is 3.95. The number of rotatable bonds is 2. The number of aliphatic hydroxyl groups is 1. The molecule has 3 heteroatoms. The number of aryl methyl sites for hydroxylation is 1. The Bertz CT molecular complexity index is 314. The minimum Gasteiger partial charge on any atom is -0.396 e. The minimum absolute atomic E-state index is 0.301. The Morgan fingerprint density at radius 3 is 3.14 bits per heavy atom. The zero-order valence-electron chi connectivity index (χ0n) is 8.48. The Morgan fingerprint density at radius 1 is 1.64 bits per heavy atom. The van der Waals surface area contributed by atoms with Crippen LogP contribution in [0, 0.1) is 12.8 Å². The molecule has 1 aliphatic heterocycles. The molecule has 1 unspecified atom stereocenters. The molecule has 1 atom stereocenters. The fourth-order valence-corrected chi connectivity index (χ4v) is 1.99. The van der Waals surface area contributed by atoms with Crippen LogP contribution in [-0.2, 0) is 0 Å². The van der Waals surface area contributed by atoms with Crippen LogP contribution in [0.1, 0.15) is 12.0 Å². The maximum Gasteiger partial charge on any atom is 0.0582 e. The van der Waals surface area contributed by atoms with Crippen LogP contribution in [0.15, 0.2) is 18.5 Å². The van der Waals surface area contributed by atoms with Gasteiger partial charge in [0.25, 0.3) is 0 Å². The Kier molecular flexibility index (Phi) is 2.68. The van der Waals surface area contributed by atoms with Crippen molar-refractivity contribution in [3.63, 3.8) is 0 Å². The van der Waals surface area contributed by atoms with Crippen LogP contribution in [0.4, 0.5) is 5.69 Å². The van der Waals surface area contributed by atoms with Crippen LogP contribution in [-0.4, -0.2) is 29.8 Å². The molecule has 0 aliphatic carbocycles. The van der Waals surface area contributed by atoms with Gasteiger partial charge in [0.2, 0.25) is 0 Å². The van der Waals surface area contributed by atoms with Crippen LogP contribution in [0.5, 0.6) is 0 Å². The normalized spacial score (nSPS) is 21.6. The monoisotopic (exact) mass is 192 g/mol. The summed E-state index contributed by atoms with van der Waals surface area (Å²) in [5.41, 5.74) is 2.47. The average molecular weight is 192 g/mol. The van der Waals surface area contributed by atoms with Crippen molar-refractivity contribution < 1.29 is 5.11 Å². The van der Waals surface area contributed by atoms with E-state index in [2.05, 4.69) is 16.8 Å². The number of pyridine rings is 1. The second-order valence-electron chi connectivity index (χ2n) is 3.95. The SMILES string of the molecule is Cc1ccncc1N1CCC(CO)C1. The first-order valence-electron chi connectivity index (χ1n) is 5.07. The maximum absolute atomic E-state index is 9.06. The van der Waals surface area contributed by atoms with Gasteiger partial charge < -0.3 is 10.0 Å². The molecule has 1 aromatic rings. The third kappa shape index (κ3) is 1.73. The lowest BCUT2D eigenvalue weighted by atomic mass is 10.1. The quantitative estimate of drug-likeness (QED) is 0.765. The first-order valence-corrected chi connectivity index (χ1v) is 5.07. The lowest BCUT2D eigenvalue weighted by molar-refractivity contribution is 0.238. The fraction of sp³-hybridized carbons (Fsp3) is 0.545. The van der Waals surface area contributed by atoms with Gasteiger partial charge in [0.05, 0.1) is 11.9 Å². The van der Waals surface area contributed by atoms with E-state index >= 15 is 0 Å². The molecule has 1 fully saturated rings. The molecule has 2 heterocycles. The van der Waals surface area contributed by atoms with Crippen molar-refractivity contribution in [2.75, 3.05) is 24.6 Å². The van der Waals surface area contributed by atoms with E-state index in [1.807, 2.05) is 18.5 Å². The summed E-state index contributed by atoms with van der Waals surface area (Å²) < 4.78 is 0. The maximum atomic E-state index is 9.06. The van der Waals surface area contributed by atoms with E-state index in [0.717, 1.165) is 19.5 Å². The summed E-state index contributed by atoms with van der Waals surface area (Å²) in [6.45, 7) is 4.40. The highest BCUT2D eigenvalue weighted by Gasteiger charge is 2.22. The van der Waals surface area contributed by atoms with Crippen molar-refractivity contribution in [1.29, 1.82) is 0 Å². The zero-order valence-corrected chi connectivity index (χ0v) is 8.48. The number of aliphatic hydroxyl groups excluding tert-OH is 1. The van der Waals surface area contributed by atoms with Gasteiger partial charge >= 0.3 is 0 Å². The summed E-state index contributed by atoms with van der Waals surface area (Å²) >= 11 is 0. The summed E-state index contributed by atoms with van der Waals surface area (Å²) in [6.07, 6.45) is 4.82. The molecule has 0 spiro atoms. The van der Waals surface area contributed by atoms with Crippen molar-refractivity contribution in [3.05, 3.63) is 24.0 Å². The van der Waals surface area contributed by atoms with Gasteiger partial charge in [-0.05, 0) is 25.0 Å². The van der Waals surface area contributed by atoms with Crippen molar-refractivity contribution >= 4 is 5.69 Å². The van der Waals surface area contributed by atoms with Crippen molar-refractivity contribution in [3.8, 4) is 0 Å². The Balaban J connectivity index is 2.13. The van der Waals surface area contributed by atoms with Gasteiger partial charge in [-0.1, -0.05) is 0 Å². The zero-order chi connectivity index (χ0) is 9.97. The Morgan fingerprint density at radius 2 is 2.50 bits per heavy atom. The smallest absolute Gasteiger partial charge is 0.0582 e. The molecule has 0 radical (unpaired) electrons. The highest BCUT2D eigenvalue weighted by atomic mass is 16.3. The third-order valence-electron chi connectivity index (χ3n) is 2.90. The van der Waals surface area contributed by atoms with Crippen LogP contribution in [0.2, 0.25) is 0 Å². The number of anilines is 1. The van der Waals surface area contributed by atoms with Crippen LogP contribution >= 0.6 is 0 Å². The van der Waals surface area contributed by atoms with Gasteiger partial charge in [-0.2, -0.15) is 0 Å². The first kappa shape index (κ1) is 9.46. The third-order valence-corrected chi connectivity index (χ3v) is 2.90. The summed E-state index contributed by atoms with van der Waals surface area (Å²) in [7, 11) is 0. The van der Waals surface area contributed by atoms with E-state index in [0.29, 0.717) is 12.5 Å². The molecule has 0 saturated carbocycles. The lowest BCUT2D eigenvalue weighted by Crippen LogP contribution is -2.21. The molecular formula is C11H16N2O. The Hall–Kier alpha value is -1.09. The van der Waals surface area contributed by atoms with Crippen molar-refractivity contribution in [1.82, 2.24) is 4.98 Å². The van der Waals surface area contributed by atoms with E-state index in [-0.39, 0.29) is 0 Å². The molecule has 76 valence electrons. The largest absolute Gasteiger partial charge is 0.396 e. The standard InChI is InChI=1S/C11H16N2O/c1-9-2-4-12-6-11(9)13-5-3-10(7-13)8-14/h2,4,6,10,14H,3,5,7-8H2,1H3. The topological polar surface area (TPSA) is 36.4 Å². The van der Waals surface area contributed by atoms with E-state index in [1.165, 1.54) is 11.3 Å². The van der Waals surface area contributed by atoms with Gasteiger partial charge in [-0.15, -0.1) is 0 Å². The average Bonchev–Trinajstić information content (AvgIpc) is 2.67. The minimum atomic E-state index is 0.301. The summed E-state index contributed by atoms with van der Waals surface area (Å²) in [6, 6.07) is 2.03. The number of hydrogen-bond acceptors (Lipinski definition) is 3. The van der Waals surface area contributed by atoms with Crippen LogP contribution in [0.3, 0.4) is 0 Å².